The van der Waals surface area contributed by atoms with Crippen LogP contribution in [0.15, 0.2) is 29.2 Å². The van der Waals surface area contributed by atoms with Gasteiger partial charge in [-0.1, -0.05) is 18.2 Å². The maximum Gasteiger partial charge on any atom is 0.407 e. The van der Waals surface area contributed by atoms with Crippen LogP contribution in [0.2, 0.25) is 0 Å². The molecule has 0 heterocycles. The lowest BCUT2D eigenvalue weighted by molar-refractivity contribution is 0.0505. The molecule has 1 amide bonds. The molecule has 7 heteroatoms. The molecule has 1 atom stereocenters. The molecule has 1 N–H and O–H groups in total. The van der Waals surface area contributed by atoms with Crippen LogP contribution >= 0.6 is 0 Å². The van der Waals surface area contributed by atoms with Gasteiger partial charge in [-0.15, -0.1) is 0 Å². The highest BCUT2D eigenvalue weighted by atomic mass is 32.2. The molecular weight excluding hydrogens is 306 g/mol. The molecule has 1 unspecified atom stereocenters. The summed E-state index contributed by atoms with van der Waals surface area (Å²) < 4.78 is 34.5. The molecule has 0 bridgehead atoms. The number of benzene rings is 1. The number of nitrogens with one attached hydrogen (secondary N) is 1. The number of amides is 1. The third kappa shape index (κ3) is 6.03. The van der Waals surface area contributed by atoms with Gasteiger partial charge < -0.3 is 10.1 Å². The smallest absolute Gasteiger partial charge is 0.407 e. The van der Waals surface area contributed by atoms with E-state index >= 15 is 0 Å². The van der Waals surface area contributed by atoms with E-state index in [4.69, 9.17) is 8.92 Å². The highest BCUT2D eigenvalue weighted by Crippen LogP contribution is 2.18. The van der Waals surface area contributed by atoms with Crippen molar-refractivity contribution in [3.63, 3.8) is 0 Å². The molecule has 1 aromatic carbocycles. The Bertz CT molecular complexity index is 619. The molecule has 124 valence electrons. The average molecular weight is 329 g/mol. The SMILES string of the molecule is Cc1ccccc1S(=O)(=O)OC(C)CNC(=O)OC(C)(C)C. The minimum absolute atomic E-state index is 0.0278. The summed E-state index contributed by atoms with van der Waals surface area (Å²) >= 11 is 0. The summed E-state index contributed by atoms with van der Waals surface area (Å²) in [6, 6.07) is 6.56. The first-order valence-electron chi connectivity index (χ1n) is 6.97. The Hall–Kier alpha value is -1.60. The van der Waals surface area contributed by atoms with E-state index in [0.29, 0.717) is 5.56 Å². The topological polar surface area (TPSA) is 81.7 Å². The summed E-state index contributed by atoms with van der Waals surface area (Å²) in [6.07, 6.45) is -1.33. The minimum atomic E-state index is -3.87. The molecule has 0 aliphatic rings. The van der Waals surface area contributed by atoms with Crippen molar-refractivity contribution in [2.24, 2.45) is 0 Å². The minimum Gasteiger partial charge on any atom is -0.444 e. The van der Waals surface area contributed by atoms with Gasteiger partial charge in [0.2, 0.25) is 0 Å². The van der Waals surface area contributed by atoms with Crippen molar-refractivity contribution in [1.82, 2.24) is 5.32 Å². The van der Waals surface area contributed by atoms with Crippen molar-refractivity contribution < 1.29 is 22.1 Å². The highest BCUT2D eigenvalue weighted by molar-refractivity contribution is 7.86. The Morgan fingerprint density at radius 1 is 1.27 bits per heavy atom. The molecule has 0 aliphatic carbocycles. The van der Waals surface area contributed by atoms with E-state index in [1.807, 2.05) is 0 Å². The molecule has 1 aromatic rings. The number of aryl methyl sites for hydroxylation is 1. The first-order valence-corrected chi connectivity index (χ1v) is 8.38. The van der Waals surface area contributed by atoms with E-state index in [2.05, 4.69) is 5.32 Å². The van der Waals surface area contributed by atoms with E-state index in [-0.39, 0.29) is 11.4 Å². The molecule has 0 radical (unpaired) electrons. The summed E-state index contributed by atoms with van der Waals surface area (Å²) in [5, 5.41) is 2.48. The quantitative estimate of drug-likeness (QED) is 0.840. The van der Waals surface area contributed by atoms with Crippen LogP contribution in [-0.4, -0.2) is 32.8 Å². The zero-order chi connectivity index (χ0) is 17.0. The third-order valence-electron chi connectivity index (χ3n) is 2.59. The van der Waals surface area contributed by atoms with E-state index in [0.717, 1.165) is 0 Å². The van der Waals surface area contributed by atoms with Gasteiger partial charge in [-0.05, 0) is 46.2 Å². The fourth-order valence-electron chi connectivity index (χ4n) is 1.68. The van der Waals surface area contributed by atoms with Crippen LogP contribution in [0.3, 0.4) is 0 Å². The maximum absolute atomic E-state index is 12.2. The summed E-state index contributed by atoms with van der Waals surface area (Å²) in [5.41, 5.74) is -0.00342. The monoisotopic (exact) mass is 329 g/mol. The highest BCUT2D eigenvalue weighted by Gasteiger charge is 2.22. The van der Waals surface area contributed by atoms with Crippen LogP contribution in [0.4, 0.5) is 4.79 Å². The number of carbonyl (C=O) groups excluding carboxylic acids is 1. The van der Waals surface area contributed by atoms with Gasteiger partial charge in [0.1, 0.15) is 5.60 Å². The number of ether oxygens (including phenoxy) is 1. The lowest BCUT2D eigenvalue weighted by Crippen LogP contribution is -2.37. The molecule has 0 saturated heterocycles. The van der Waals surface area contributed by atoms with E-state index in [1.165, 1.54) is 6.07 Å². The van der Waals surface area contributed by atoms with Crippen LogP contribution in [0.1, 0.15) is 33.3 Å². The van der Waals surface area contributed by atoms with Gasteiger partial charge in [-0.3, -0.25) is 4.18 Å². The summed E-state index contributed by atoms with van der Waals surface area (Å²) in [5.74, 6) is 0. The van der Waals surface area contributed by atoms with Crippen molar-refractivity contribution in [1.29, 1.82) is 0 Å². The largest absolute Gasteiger partial charge is 0.444 e. The standard InChI is InChI=1S/C15H23NO5S/c1-11-8-6-7-9-13(11)22(18,19)21-12(2)10-16-14(17)20-15(3,4)5/h6-9,12H,10H2,1-5H3,(H,16,17). The Morgan fingerprint density at radius 3 is 2.41 bits per heavy atom. The molecule has 0 saturated carbocycles. The van der Waals surface area contributed by atoms with Crippen LogP contribution in [0, 0.1) is 6.92 Å². The normalized spacial score (nSPS) is 13.5. The third-order valence-corrected chi connectivity index (χ3v) is 4.17. The fourth-order valence-corrected chi connectivity index (χ4v) is 2.99. The average Bonchev–Trinajstić information content (AvgIpc) is 2.34. The fraction of sp³-hybridized carbons (Fsp3) is 0.533. The summed E-state index contributed by atoms with van der Waals surface area (Å²) in [7, 11) is -3.87. The van der Waals surface area contributed by atoms with Gasteiger partial charge in [0.25, 0.3) is 10.1 Å². The second-order valence-electron chi connectivity index (χ2n) is 6.01. The molecule has 0 aromatic heterocycles. The van der Waals surface area contributed by atoms with Crippen LogP contribution < -0.4 is 5.32 Å². The number of hydrogen-bond donors (Lipinski definition) is 1. The number of rotatable bonds is 5. The maximum atomic E-state index is 12.2. The van der Waals surface area contributed by atoms with Crippen molar-refractivity contribution in [2.45, 2.75) is 51.2 Å². The molecule has 6 nitrogen and oxygen atoms in total. The zero-order valence-electron chi connectivity index (χ0n) is 13.5. The summed E-state index contributed by atoms with van der Waals surface area (Å²) in [6.45, 7) is 8.52. The van der Waals surface area contributed by atoms with Crippen molar-refractivity contribution in [2.75, 3.05) is 6.54 Å². The predicted octanol–water partition coefficient (Wildman–Crippen LogP) is 2.61. The Balaban J connectivity index is 2.60. The first kappa shape index (κ1) is 18.4. The molecule has 0 fully saturated rings. The molecular formula is C15H23NO5S. The predicted molar refractivity (Wildman–Crippen MR) is 83.1 cm³/mol. The van der Waals surface area contributed by atoms with Gasteiger partial charge >= 0.3 is 6.09 Å². The zero-order valence-corrected chi connectivity index (χ0v) is 14.4. The molecule has 0 spiro atoms. The number of hydrogen-bond acceptors (Lipinski definition) is 5. The van der Waals surface area contributed by atoms with Gasteiger partial charge in [0.05, 0.1) is 11.0 Å². The first-order chi connectivity index (χ1) is 10.0. The van der Waals surface area contributed by atoms with Crippen molar-refractivity contribution in [3.8, 4) is 0 Å². The van der Waals surface area contributed by atoms with Gasteiger partial charge in [0, 0.05) is 6.54 Å². The molecule has 0 aliphatic heterocycles. The Labute approximate surface area is 131 Å². The van der Waals surface area contributed by atoms with E-state index < -0.39 is 27.9 Å². The van der Waals surface area contributed by atoms with Gasteiger partial charge in [-0.2, -0.15) is 8.42 Å². The summed E-state index contributed by atoms with van der Waals surface area (Å²) in [4.78, 5) is 11.6. The molecule has 22 heavy (non-hydrogen) atoms. The van der Waals surface area contributed by atoms with E-state index in [1.54, 1.807) is 52.8 Å². The number of carbonyl (C=O) groups is 1. The van der Waals surface area contributed by atoms with Gasteiger partial charge in [-0.25, -0.2) is 4.79 Å². The van der Waals surface area contributed by atoms with Crippen LogP contribution in [-0.2, 0) is 19.0 Å². The number of alkyl carbamates (subject to hydrolysis) is 1. The van der Waals surface area contributed by atoms with Crippen molar-refractivity contribution in [3.05, 3.63) is 29.8 Å². The second-order valence-corrected chi connectivity index (χ2v) is 7.55. The lowest BCUT2D eigenvalue weighted by Gasteiger charge is -2.21. The molecule has 1 rings (SSSR count). The van der Waals surface area contributed by atoms with Crippen LogP contribution in [0.5, 0.6) is 0 Å². The van der Waals surface area contributed by atoms with Crippen molar-refractivity contribution >= 4 is 16.2 Å². The van der Waals surface area contributed by atoms with Crippen LogP contribution in [0.25, 0.3) is 0 Å². The van der Waals surface area contributed by atoms with Gasteiger partial charge in [0.15, 0.2) is 0 Å². The lowest BCUT2D eigenvalue weighted by atomic mass is 10.2. The second kappa shape index (κ2) is 7.11. The Kier molecular flexibility index (Phi) is 5.96. The van der Waals surface area contributed by atoms with E-state index in [9.17, 15) is 13.2 Å². The Morgan fingerprint density at radius 2 is 1.86 bits per heavy atom.